The smallest absolute Gasteiger partial charge is 0.324 e. The largest absolute Gasteiger partial charge is 0.326 e. The molecule has 1 aliphatic heterocycles. The summed E-state index contributed by atoms with van der Waals surface area (Å²) in [7, 11) is 1.83. The number of aromatic nitrogens is 1. The Bertz CT molecular complexity index is 576. The minimum atomic E-state index is 0.0568. The van der Waals surface area contributed by atoms with Crippen LogP contribution in [0.25, 0.3) is 10.9 Å². The van der Waals surface area contributed by atoms with Gasteiger partial charge in [-0.3, -0.25) is 9.88 Å². The first-order valence-electron chi connectivity index (χ1n) is 5.64. The molecule has 86 valence electrons. The van der Waals surface area contributed by atoms with Gasteiger partial charge in [-0.25, -0.2) is 4.79 Å². The molecule has 0 bridgehead atoms. The van der Waals surface area contributed by atoms with Gasteiger partial charge in [0.05, 0.1) is 11.2 Å². The predicted molar refractivity (Wildman–Crippen MR) is 67.1 cm³/mol. The standard InChI is InChI=1S/C13H13N3O/c1-15-8-9-16(13(15)17)12-6-7-14-11-5-3-2-4-10(11)12/h2-7H,8-9H2,1H3. The van der Waals surface area contributed by atoms with E-state index in [4.69, 9.17) is 0 Å². The van der Waals surface area contributed by atoms with E-state index in [0.717, 1.165) is 29.7 Å². The number of para-hydroxylation sites is 1. The van der Waals surface area contributed by atoms with E-state index in [2.05, 4.69) is 4.98 Å². The van der Waals surface area contributed by atoms with Gasteiger partial charge in [-0.2, -0.15) is 0 Å². The zero-order chi connectivity index (χ0) is 11.8. The van der Waals surface area contributed by atoms with E-state index in [1.807, 2.05) is 42.3 Å². The number of rotatable bonds is 1. The van der Waals surface area contributed by atoms with Gasteiger partial charge >= 0.3 is 6.03 Å². The van der Waals surface area contributed by atoms with Gasteiger partial charge in [-0.05, 0) is 12.1 Å². The molecule has 0 unspecified atom stereocenters. The van der Waals surface area contributed by atoms with Gasteiger partial charge in [0.15, 0.2) is 0 Å². The summed E-state index contributed by atoms with van der Waals surface area (Å²) in [5.74, 6) is 0. The van der Waals surface area contributed by atoms with Crippen LogP contribution in [0.1, 0.15) is 0 Å². The molecule has 17 heavy (non-hydrogen) atoms. The second kappa shape index (κ2) is 3.73. The summed E-state index contributed by atoms with van der Waals surface area (Å²) in [5.41, 5.74) is 1.87. The number of urea groups is 1. The second-order valence-corrected chi connectivity index (χ2v) is 4.20. The van der Waals surface area contributed by atoms with E-state index in [0.29, 0.717) is 0 Å². The number of pyridine rings is 1. The average molecular weight is 227 g/mol. The molecular formula is C13H13N3O. The van der Waals surface area contributed by atoms with E-state index in [9.17, 15) is 4.79 Å². The van der Waals surface area contributed by atoms with Crippen LogP contribution in [0.3, 0.4) is 0 Å². The minimum Gasteiger partial charge on any atom is -0.326 e. The molecule has 1 fully saturated rings. The van der Waals surface area contributed by atoms with E-state index < -0.39 is 0 Å². The Kier molecular flexibility index (Phi) is 2.21. The van der Waals surface area contributed by atoms with Gasteiger partial charge in [0.25, 0.3) is 0 Å². The molecule has 0 saturated carbocycles. The number of hydrogen-bond donors (Lipinski definition) is 0. The number of amides is 2. The molecule has 0 atom stereocenters. The van der Waals surface area contributed by atoms with Crippen LogP contribution in [0, 0.1) is 0 Å². The van der Waals surface area contributed by atoms with Crippen molar-refractivity contribution in [3.05, 3.63) is 36.5 Å². The number of benzene rings is 1. The highest BCUT2D eigenvalue weighted by molar-refractivity contribution is 6.02. The van der Waals surface area contributed by atoms with Crippen LogP contribution in [0.4, 0.5) is 10.5 Å². The van der Waals surface area contributed by atoms with Gasteiger partial charge < -0.3 is 4.90 Å². The van der Waals surface area contributed by atoms with Crippen LogP contribution in [-0.4, -0.2) is 36.1 Å². The molecule has 2 amide bonds. The molecule has 0 N–H and O–H groups in total. The lowest BCUT2D eigenvalue weighted by Gasteiger charge is -2.17. The zero-order valence-electron chi connectivity index (χ0n) is 9.63. The molecule has 0 aliphatic carbocycles. The van der Waals surface area contributed by atoms with Crippen molar-refractivity contribution in [2.45, 2.75) is 0 Å². The highest BCUT2D eigenvalue weighted by atomic mass is 16.2. The fraction of sp³-hybridized carbons (Fsp3) is 0.231. The summed E-state index contributed by atoms with van der Waals surface area (Å²) in [5, 5.41) is 1.03. The lowest BCUT2D eigenvalue weighted by molar-refractivity contribution is 0.229. The molecule has 0 spiro atoms. The number of carbonyl (C=O) groups is 1. The molecule has 4 nitrogen and oxygen atoms in total. The molecule has 3 rings (SSSR count). The molecular weight excluding hydrogens is 214 g/mol. The fourth-order valence-corrected chi connectivity index (χ4v) is 2.19. The van der Waals surface area contributed by atoms with Crippen molar-refractivity contribution < 1.29 is 4.79 Å². The van der Waals surface area contributed by atoms with Crippen LogP contribution in [-0.2, 0) is 0 Å². The molecule has 2 heterocycles. The van der Waals surface area contributed by atoms with Gasteiger partial charge in [-0.1, -0.05) is 18.2 Å². The lowest BCUT2D eigenvalue weighted by atomic mass is 10.2. The summed E-state index contributed by atoms with van der Waals surface area (Å²) < 4.78 is 0. The third-order valence-corrected chi connectivity index (χ3v) is 3.13. The molecule has 4 heteroatoms. The maximum absolute atomic E-state index is 12.0. The Morgan fingerprint density at radius 3 is 2.76 bits per heavy atom. The number of carbonyl (C=O) groups excluding carboxylic acids is 1. The second-order valence-electron chi connectivity index (χ2n) is 4.20. The maximum Gasteiger partial charge on any atom is 0.324 e. The molecule has 0 radical (unpaired) electrons. The summed E-state index contributed by atoms with van der Waals surface area (Å²) in [6.07, 6.45) is 1.75. The van der Waals surface area contributed by atoms with Gasteiger partial charge in [0, 0.05) is 31.7 Å². The first kappa shape index (κ1) is 10.1. The Morgan fingerprint density at radius 1 is 1.18 bits per heavy atom. The fourth-order valence-electron chi connectivity index (χ4n) is 2.19. The summed E-state index contributed by atoms with van der Waals surface area (Å²) in [6.45, 7) is 1.51. The SMILES string of the molecule is CN1CCN(c2ccnc3ccccc23)C1=O. The monoisotopic (exact) mass is 227 g/mol. The number of hydrogen-bond acceptors (Lipinski definition) is 2. The number of fused-ring (bicyclic) bond motifs is 1. The van der Waals surface area contributed by atoms with Crippen molar-refractivity contribution in [3.63, 3.8) is 0 Å². The topological polar surface area (TPSA) is 36.4 Å². The highest BCUT2D eigenvalue weighted by Crippen LogP contribution is 2.27. The van der Waals surface area contributed by atoms with Crippen molar-refractivity contribution in [1.82, 2.24) is 9.88 Å². The van der Waals surface area contributed by atoms with Crippen molar-refractivity contribution in [3.8, 4) is 0 Å². The van der Waals surface area contributed by atoms with Crippen LogP contribution >= 0.6 is 0 Å². The van der Waals surface area contributed by atoms with Gasteiger partial charge in [-0.15, -0.1) is 0 Å². The van der Waals surface area contributed by atoms with E-state index in [-0.39, 0.29) is 6.03 Å². The Labute approximate surface area is 99.5 Å². The molecule has 1 saturated heterocycles. The number of anilines is 1. The van der Waals surface area contributed by atoms with Crippen LogP contribution in [0.2, 0.25) is 0 Å². The van der Waals surface area contributed by atoms with Crippen LogP contribution in [0.5, 0.6) is 0 Å². The Morgan fingerprint density at radius 2 is 2.00 bits per heavy atom. The number of likely N-dealkylation sites (N-methyl/N-ethyl adjacent to an activating group) is 1. The Hall–Kier alpha value is -2.10. The molecule has 1 aromatic heterocycles. The third kappa shape index (κ3) is 1.53. The van der Waals surface area contributed by atoms with Crippen molar-refractivity contribution in [2.24, 2.45) is 0 Å². The summed E-state index contributed by atoms with van der Waals surface area (Å²) in [4.78, 5) is 19.8. The van der Waals surface area contributed by atoms with Crippen molar-refractivity contribution >= 4 is 22.6 Å². The predicted octanol–water partition coefficient (Wildman–Crippen LogP) is 2.11. The van der Waals surface area contributed by atoms with Crippen LogP contribution in [0.15, 0.2) is 36.5 Å². The average Bonchev–Trinajstić information content (AvgIpc) is 2.69. The third-order valence-electron chi connectivity index (χ3n) is 3.13. The first-order valence-corrected chi connectivity index (χ1v) is 5.64. The van der Waals surface area contributed by atoms with Crippen LogP contribution < -0.4 is 4.90 Å². The molecule has 2 aromatic rings. The number of nitrogens with zero attached hydrogens (tertiary/aromatic N) is 3. The van der Waals surface area contributed by atoms with Crippen molar-refractivity contribution in [1.29, 1.82) is 0 Å². The quantitative estimate of drug-likeness (QED) is 0.748. The minimum absolute atomic E-state index is 0.0568. The normalized spacial score (nSPS) is 15.9. The summed E-state index contributed by atoms with van der Waals surface area (Å²) in [6, 6.07) is 9.85. The van der Waals surface area contributed by atoms with E-state index in [1.165, 1.54) is 0 Å². The zero-order valence-corrected chi connectivity index (χ0v) is 9.63. The Balaban J connectivity index is 2.15. The van der Waals surface area contributed by atoms with Crippen molar-refractivity contribution in [2.75, 3.05) is 25.0 Å². The summed E-state index contributed by atoms with van der Waals surface area (Å²) >= 11 is 0. The first-order chi connectivity index (χ1) is 8.27. The molecule has 1 aromatic carbocycles. The van der Waals surface area contributed by atoms with Gasteiger partial charge in [0.1, 0.15) is 0 Å². The van der Waals surface area contributed by atoms with E-state index >= 15 is 0 Å². The van der Waals surface area contributed by atoms with E-state index in [1.54, 1.807) is 11.1 Å². The molecule has 1 aliphatic rings. The highest BCUT2D eigenvalue weighted by Gasteiger charge is 2.27. The maximum atomic E-state index is 12.0. The lowest BCUT2D eigenvalue weighted by Crippen LogP contribution is -2.29. The van der Waals surface area contributed by atoms with Gasteiger partial charge in [0.2, 0.25) is 0 Å².